The van der Waals surface area contributed by atoms with Crippen LogP contribution in [0.5, 0.6) is 0 Å². The lowest BCUT2D eigenvalue weighted by Gasteiger charge is -2.10. The summed E-state index contributed by atoms with van der Waals surface area (Å²) >= 11 is 3.32. The third kappa shape index (κ3) is 3.47. The maximum absolute atomic E-state index is 11.5. The number of carbonyl (C=O) groups excluding carboxylic acids is 1. The minimum Gasteiger partial charge on any atom is -0.339 e. The van der Waals surface area contributed by atoms with Crippen LogP contribution in [0.25, 0.3) is 0 Å². The molecule has 1 aromatic rings. The molecule has 1 rings (SSSR count). The van der Waals surface area contributed by atoms with Gasteiger partial charge in [0.1, 0.15) is 0 Å². The molecule has 0 saturated carbocycles. The molecule has 1 aromatic carbocycles. The van der Waals surface area contributed by atoms with Gasteiger partial charge in [-0.05, 0) is 38.4 Å². The molecule has 14 heavy (non-hydrogen) atoms. The first kappa shape index (κ1) is 11.2. The Kier molecular flexibility index (Phi) is 4.10. The molecule has 1 amide bonds. The van der Waals surface area contributed by atoms with Crippen molar-refractivity contribution in [3.63, 3.8) is 0 Å². The molecule has 0 radical (unpaired) electrons. The fraction of sp³-hybridized carbons (Fsp3) is 0.300. The van der Waals surface area contributed by atoms with E-state index in [9.17, 15) is 4.79 Å². The molecule has 0 bridgehead atoms. The Balaban J connectivity index is 2.57. The number of amides is 1. The van der Waals surface area contributed by atoms with Crippen LogP contribution in [-0.2, 0) is 0 Å². The monoisotopic (exact) mass is 256 g/mol. The SMILES string of the molecule is CN(C)CNC(=O)c1ccc(Br)cc1. The first-order chi connectivity index (χ1) is 6.59. The summed E-state index contributed by atoms with van der Waals surface area (Å²) in [6.07, 6.45) is 0. The van der Waals surface area contributed by atoms with Gasteiger partial charge >= 0.3 is 0 Å². The van der Waals surface area contributed by atoms with Gasteiger partial charge in [-0.25, -0.2) is 0 Å². The topological polar surface area (TPSA) is 32.3 Å². The lowest BCUT2D eigenvalue weighted by atomic mass is 10.2. The van der Waals surface area contributed by atoms with Crippen molar-refractivity contribution < 1.29 is 4.79 Å². The third-order valence-electron chi connectivity index (χ3n) is 1.66. The Morgan fingerprint density at radius 3 is 2.43 bits per heavy atom. The van der Waals surface area contributed by atoms with Crippen LogP contribution in [0, 0.1) is 0 Å². The van der Waals surface area contributed by atoms with Crippen LogP contribution >= 0.6 is 15.9 Å². The maximum atomic E-state index is 11.5. The fourth-order valence-corrected chi connectivity index (χ4v) is 1.20. The molecule has 0 fully saturated rings. The number of hydrogen-bond donors (Lipinski definition) is 1. The standard InChI is InChI=1S/C10H13BrN2O/c1-13(2)7-12-10(14)8-3-5-9(11)6-4-8/h3-6H,7H2,1-2H3,(H,12,14). The van der Waals surface area contributed by atoms with E-state index in [0.29, 0.717) is 12.2 Å². The summed E-state index contributed by atoms with van der Waals surface area (Å²) in [5, 5.41) is 2.79. The van der Waals surface area contributed by atoms with Crippen LogP contribution in [0.4, 0.5) is 0 Å². The molecule has 0 heterocycles. The van der Waals surface area contributed by atoms with Crippen molar-refractivity contribution >= 4 is 21.8 Å². The predicted octanol–water partition coefficient (Wildman–Crippen LogP) is 1.70. The summed E-state index contributed by atoms with van der Waals surface area (Å²) in [7, 11) is 3.81. The molecular weight excluding hydrogens is 244 g/mol. The van der Waals surface area contributed by atoms with Gasteiger partial charge in [-0.1, -0.05) is 15.9 Å². The van der Waals surface area contributed by atoms with E-state index in [1.807, 2.05) is 31.1 Å². The molecule has 0 aliphatic rings. The zero-order valence-electron chi connectivity index (χ0n) is 8.25. The Hall–Kier alpha value is -0.870. The molecule has 0 aliphatic carbocycles. The van der Waals surface area contributed by atoms with Crippen molar-refractivity contribution in [1.82, 2.24) is 10.2 Å². The van der Waals surface area contributed by atoms with Crippen molar-refractivity contribution in [3.8, 4) is 0 Å². The van der Waals surface area contributed by atoms with Crippen LogP contribution in [0.1, 0.15) is 10.4 Å². The van der Waals surface area contributed by atoms with E-state index < -0.39 is 0 Å². The Morgan fingerprint density at radius 1 is 1.36 bits per heavy atom. The molecule has 0 aromatic heterocycles. The first-order valence-corrected chi connectivity index (χ1v) is 5.07. The molecule has 0 saturated heterocycles. The molecule has 3 nitrogen and oxygen atoms in total. The predicted molar refractivity (Wildman–Crippen MR) is 60.2 cm³/mol. The van der Waals surface area contributed by atoms with Crippen LogP contribution < -0.4 is 5.32 Å². The zero-order chi connectivity index (χ0) is 10.6. The highest BCUT2D eigenvalue weighted by Gasteiger charge is 2.03. The molecule has 0 aliphatic heterocycles. The van der Waals surface area contributed by atoms with Gasteiger partial charge in [0, 0.05) is 10.0 Å². The summed E-state index contributed by atoms with van der Waals surface area (Å²) in [5.41, 5.74) is 0.676. The second-order valence-corrected chi connectivity index (χ2v) is 4.17. The van der Waals surface area contributed by atoms with E-state index in [2.05, 4.69) is 21.2 Å². The lowest BCUT2D eigenvalue weighted by Crippen LogP contribution is -2.32. The van der Waals surface area contributed by atoms with Gasteiger partial charge in [0.2, 0.25) is 0 Å². The zero-order valence-corrected chi connectivity index (χ0v) is 9.84. The quantitative estimate of drug-likeness (QED) is 0.836. The lowest BCUT2D eigenvalue weighted by molar-refractivity contribution is 0.0935. The number of benzene rings is 1. The van der Waals surface area contributed by atoms with E-state index in [4.69, 9.17) is 0 Å². The minimum absolute atomic E-state index is 0.0498. The third-order valence-corrected chi connectivity index (χ3v) is 2.19. The van der Waals surface area contributed by atoms with Gasteiger partial charge in [-0.2, -0.15) is 0 Å². The Morgan fingerprint density at radius 2 is 1.93 bits per heavy atom. The number of nitrogens with one attached hydrogen (secondary N) is 1. The fourth-order valence-electron chi connectivity index (χ4n) is 0.933. The Bertz CT molecular complexity index is 308. The van der Waals surface area contributed by atoms with Crippen LogP contribution in [0.2, 0.25) is 0 Å². The van der Waals surface area contributed by atoms with Crippen LogP contribution in [-0.4, -0.2) is 31.6 Å². The summed E-state index contributed by atoms with van der Waals surface area (Å²) in [6.45, 7) is 0.550. The maximum Gasteiger partial charge on any atom is 0.252 e. The van der Waals surface area contributed by atoms with E-state index in [1.165, 1.54) is 0 Å². The molecule has 0 spiro atoms. The van der Waals surface area contributed by atoms with E-state index in [-0.39, 0.29) is 5.91 Å². The number of halogens is 1. The van der Waals surface area contributed by atoms with Gasteiger partial charge in [0.25, 0.3) is 5.91 Å². The Labute approximate surface area is 92.2 Å². The van der Waals surface area contributed by atoms with Crippen molar-refractivity contribution in [2.45, 2.75) is 0 Å². The summed E-state index contributed by atoms with van der Waals surface area (Å²) in [6, 6.07) is 7.28. The van der Waals surface area contributed by atoms with Gasteiger partial charge < -0.3 is 5.32 Å². The first-order valence-electron chi connectivity index (χ1n) is 4.28. The number of hydrogen-bond acceptors (Lipinski definition) is 2. The highest BCUT2D eigenvalue weighted by atomic mass is 79.9. The smallest absolute Gasteiger partial charge is 0.252 e. The largest absolute Gasteiger partial charge is 0.339 e. The van der Waals surface area contributed by atoms with Crippen LogP contribution in [0.3, 0.4) is 0 Å². The molecule has 0 unspecified atom stereocenters. The number of carbonyl (C=O) groups is 1. The van der Waals surface area contributed by atoms with Gasteiger partial charge in [0.15, 0.2) is 0 Å². The molecule has 76 valence electrons. The van der Waals surface area contributed by atoms with Gasteiger partial charge in [-0.3, -0.25) is 9.69 Å². The normalized spacial score (nSPS) is 10.3. The molecule has 0 atom stereocenters. The van der Waals surface area contributed by atoms with E-state index in [0.717, 1.165) is 4.47 Å². The molecular formula is C10H13BrN2O. The highest BCUT2D eigenvalue weighted by Crippen LogP contribution is 2.10. The van der Waals surface area contributed by atoms with E-state index >= 15 is 0 Å². The minimum atomic E-state index is -0.0498. The number of nitrogens with zero attached hydrogens (tertiary/aromatic N) is 1. The van der Waals surface area contributed by atoms with Gasteiger partial charge in [-0.15, -0.1) is 0 Å². The molecule has 4 heteroatoms. The summed E-state index contributed by atoms with van der Waals surface area (Å²) < 4.78 is 0.974. The number of rotatable bonds is 3. The average molecular weight is 257 g/mol. The molecule has 1 N–H and O–H groups in total. The van der Waals surface area contributed by atoms with Gasteiger partial charge in [0.05, 0.1) is 6.67 Å². The summed E-state index contributed by atoms with van der Waals surface area (Å²) in [5.74, 6) is -0.0498. The summed E-state index contributed by atoms with van der Waals surface area (Å²) in [4.78, 5) is 13.4. The average Bonchev–Trinajstić information content (AvgIpc) is 2.15. The second kappa shape index (κ2) is 5.12. The highest BCUT2D eigenvalue weighted by molar-refractivity contribution is 9.10. The van der Waals surface area contributed by atoms with Crippen molar-refractivity contribution in [1.29, 1.82) is 0 Å². The van der Waals surface area contributed by atoms with Crippen molar-refractivity contribution in [2.24, 2.45) is 0 Å². The van der Waals surface area contributed by atoms with Crippen LogP contribution in [0.15, 0.2) is 28.7 Å². The van der Waals surface area contributed by atoms with Crippen molar-refractivity contribution in [3.05, 3.63) is 34.3 Å². The second-order valence-electron chi connectivity index (χ2n) is 3.25. The van der Waals surface area contributed by atoms with E-state index in [1.54, 1.807) is 12.1 Å². The van der Waals surface area contributed by atoms with Crippen molar-refractivity contribution in [2.75, 3.05) is 20.8 Å².